The van der Waals surface area contributed by atoms with Crippen molar-refractivity contribution in [3.05, 3.63) is 18.0 Å². The van der Waals surface area contributed by atoms with Gasteiger partial charge in [0.15, 0.2) is 5.96 Å². The van der Waals surface area contributed by atoms with Crippen molar-refractivity contribution in [2.45, 2.75) is 32.2 Å². The smallest absolute Gasteiger partial charge is 0.188 e. The molecule has 0 aliphatic carbocycles. The molecule has 0 aromatic carbocycles. The number of aliphatic imine (C=N–C) groups is 1. The van der Waals surface area contributed by atoms with E-state index in [1.807, 2.05) is 24.1 Å². The number of aryl methyl sites for hydroxylation is 1. The van der Waals surface area contributed by atoms with Crippen LogP contribution >= 0.6 is 24.0 Å². The lowest BCUT2D eigenvalue weighted by Gasteiger charge is -2.20. The second-order valence-corrected chi connectivity index (χ2v) is 5.35. The molecule has 0 bridgehead atoms. The molecule has 1 aliphatic heterocycles. The Morgan fingerprint density at radius 3 is 3.05 bits per heavy atom. The van der Waals surface area contributed by atoms with Gasteiger partial charge in [0.05, 0.1) is 12.7 Å². The monoisotopic (exact) mass is 406 g/mol. The van der Waals surface area contributed by atoms with Crippen molar-refractivity contribution in [3.8, 4) is 0 Å². The van der Waals surface area contributed by atoms with Crippen LogP contribution in [0.3, 0.4) is 0 Å². The van der Waals surface area contributed by atoms with Crippen LogP contribution in [0.2, 0.25) is 0 Å². The molecule has 1 fully saturated rings. The summed E-state index contributed by atoms with van der Waals surface area (Å²) in [6, 6.07) is 0.568. The van der Waals surface area contributed by atoms with E-state index in [4.69, 9.17) is 5.73 Å². The summed E-state index contributed by atoms with van der Waals surface area (Å²) in [7, 11) is 1.92. The van der Waals surface area contributed by atoms with Gasteiger partial charge in [-0.05, 0) is 37.9 Å². The first-order valence-corrected chi connectivity index (χ1v) is 7.44. The van der Waals surface area contributed by atoms with Crippen molar-refractivity contribution in [2.75, 3.05) is 26.2 Å². The first kappa shape index (κ1) is 18.2. The van der Waals surface area contributed by atoms with E-state index in [9.17, 15) is 0 Å². The van der Waals surface area contributed by atoms with E-state index in [0.717, 1.165) is 26.1 Å². The van der Waals surface area contributed by atoms with Gasteiger partial charge < -0.3 is 11.1 Å². The van der Waals surface area contributed by atoms with E-state index < -0.39 is 0 Å². The zero-order valence-corrected chi connectivity index (χ0v) is 15.3. The molecular formula is C14H27IN6. The number of halogens is 1. The van der Waals surface area contributed by atoms with Crippen LogP contribution in [0, 0.1) is 0 Å². The van der Waals surface area contributed by atoms with Crippen molar-refractivity contribution in [2.24, 2.45) is 17.8 Å². The van der Waals surface area contributed by atoms with E-state index in [-0.39, 0.29) is 24.0 Å². The summed E-state index contributed by atoms with van der Waals surface area (Å²) in [6.45, 7) is 6.11. The first-order valence-electron chi connectivity index (χ1n) is 7.44. The fourth-order valence-corrected chi connectivity index (χ4v) is 2.71. The quantitative estimate of drug-likeness (QED) is 0.420. The molecule has 0 radical (unpaired) electrons. The Morgan fingerprint density at radius 2 is 2.38 bits per heavy atom. The van der Waals surface area contributed by atoms with Gasteiger partial charge in [-0.25, -0.2) is 0 Å². The minimum Gasteiger partial charge on any atom is -0.370 e. The lowest BCUT2D eigenvalue weighted by molar-refractivity contribution is 0.273. The lowest BCUT2D eigenvalue weighted by Crippen LogP contribution is -2.36. The van der Waals surface area contributed by atoms with Gasteiger partial charge in [0.2, 0.25) is 0 Å². The maximum Gasteiger partial charge on any atom is 0.188 e. The van der Waals surface area contributed by atoms with Crippen molar-refractivity contribution >= 4 is 29.9 Å². The van der Waals surface area contributed by atoms with Gasteiger partial charge in [0.25, 0.3) is 0 Å². The topological polar surface area (TPSA) is 71.5 Å². The Hall–Kier alpha value is -0.830. The number of likely N-dealkylation sites (N-methyl/N-ethyl adjacent to an activating group) is 1. The molecule has 3 N–H and O–H groups in total. The Balaban J connectivity index is 0.00000220. The molecule has 1 aromatic heterocycles. The van der Waals surface area contributed by atoms with E-state index >= 15 is 0 Å². The number of hydrogen-bond donors (Lipinski definition) is 2. The van der Waals surface area contributed by atoms with E-state index in [0.29, 0.717) is 12.0 Å². The summed E-state index contributed by atoms with van der Waals surface area (Å²) < 4.78 is 1.81. The number of rotatable bonds is 6. The van der Waals surface area contributed by atoms with Crippen molar-refractivity contribution < 1.29 is 0 Å². The zero-order valence-electron chi connectivity index (χ0n) is 13.0. The number of hydrogen-bond acceptors (Lipinski definition) is 3. The summed E-state index contributed by atoms with van der Waals surface area (Å²) in [5.41, 5.74) is 7.12. The Morgan fingerprint density at radius 1 is 1.57 bits per heavy atom. The van der Waals surface area contributed by atoms with Crippen LogP contribution in [0.4, 0.5) is 0 Å². The van der Waals surface area contributed by atoms with Gasteiger partial charge in [-0.3, -0.25) is 14.6 Å². The molecule has 1 atom stereocenters. The fourth-order valence-electron chi connectivity index (χ4n) is 2.71. The zero-order chi connectivity index (χ0) is 14.4. The SMILES string of the molecule is CCN1CCCC1CN=C(N)NCCc1cnn(C)c1.I. The predicted molar refractivity (Wildman–Crippen MR) is 97.1 cm³/mol. The Bertz CT molecular complexity index is 444. The molecule has 1 aliphatic rings. The van der Waals surface area contributed by atoms with Gasteiger partial charge in [0, 0.05) is 25.8 Å². The van der Waals surface area contributed by atoms with Crippen LogP contribution in [0.5, 0.6) is 0 Å². The minimum absolute atomic E-state index is 0. The standard InChI is InChI=1S/C14H26N6.HI/c1-3-20-8-4-5-13(20)10-17-14(15)16-7-6-12-9-18-19(2)11-12;/h9,11,13H,3-8,10H2,1-2H3,(H3,15,16,17);1H. The number of nitrogens with one attached hydrogen (secondary N) is 1. The van der Waals surface area contributed by atoms with Crippen LogP contribution in [0.25, 0.3) is 0 Å². The molecule has 120 valence electrons. The third kappa shape index (κ3) is 5.82. The average molecular weight is 406 g/mol. The third-order valence-electron chi connectivity index (χ3n) is 3.86. The molecule has 7 heteroatoms. The lowest BCUT2D eigenvalue weighted by atomic mass is 10.2. The molecule has 1 unspecified atom stereocenters. The highest BCUT2D eigenvalue weighted by Gasteiger charge is 2.22. The molecule has 0 saturated carbocycles. The molecule has 21 heavy (non-hydrogen) atoms. The van der Waals surface area contributed by atoms with E-state index in [1.165, 1.54) is 24.9 Å². The molecule has 1 aromatic rings. The van der Waals surface area contributed by atoms with Gasteiger partial charge in [-0.1, -0.05) is 6.92 Å². The largest absolute Gasteiger partial charge is 0.370 e. The van der Waals surface area contributed by atoms with Gasteiger partial charge >= 0.3 is 0 Å². The summed E-state index contributed by atoms with van der Waals surface area (Å²) in [6.07, 6.45) is 7.33. The van der Waals surface area contributed by atoms with Crippen LogP contribution in [-0.2, 0) is 13.5 Å². The minimum atomic E-state index is 0. The highest BCUT2D eigenvalue weighted by molar-refractivity contribution is 14.0. The maximum atomic E-state index is 5.91. The molecule has 0 amide bonds. The van der Waals surface area contributed by atoms with Crippen LogP contribution in [0.15, 0.2) is 17.4 Å². The van der Waals surface area contributed by atoms with E-state index in [2.05, 4.69) is 27.2 Å². The summed E-state index contributed by atoms with van der Waals surface area (Å²) in [4.78, 5) is 6.94. The van der Waals surface area contributed by atoms with Crippen molar-refractivity contribution in [3.63, 3.8) is 0 Å². The molecule has 2 heterocycles. The molecule has 2 rings (SSSR count). The van der Waals surface area contributed by atoms with Gasteiger partial charge in [0.1, 0.15) is 0 Å². The molecule has 6 nitrogen and oxygen atoms in total. The van der Waals surface area contributed by atoms with Crippen molar-refractivity contribution in [1.82, 2.24) is 20.0 Å². The van der Waals surface area contributed by atoms with Gasteiger partial charge in [-0.15, -0.1) is 24.0 Å². The first-order chi connectivity index (χ1) is 9.69. The highest BCUT2D eigenvalue weighted by atomic mass is 127. The number of likely N-dealkylation sites (tertiary alicyclic amines) is 1. The predicted octanol–water partition coefficient (Wildman–Crippen LogP) is 0.969. The number of nitrogens with two attached hydrogens (primary N) is 1. The van der Waals surface area contributed by atoms with Crippen LogP contribution < -0.4 is 11.1 Å². The summed E-state index contributed by atoms with van der Waals surface area (Å²) in [5.74, 6) is 0.553. The Kier molecular flexibility index (Phi) is 8.02. The Labute approximate surface area is 144 Å². The molecule has 0 spiro atoms. The third-order valence-corrected chi connectivity index (χ3v) is 3.86. The number of aromatic nitrogens is 2. The van der Waals surface area contributed by atoms with Crippen LogP contribution in [-0.4, -0.2) is 52.9 Å². The molecular weight excluding hydrogens is 379 g/mol. The highest BCUT2D eigenvalue weighted by Crippen LogP contribution is 2.16. The second-order valence-electron chi connectivity index (χ2n) is 5.35. The van der Waals surface area contributed by atoms with Crippen LogP contribution in [0.1, 0.15) is 25.3 Å². The fraction of sp³-hybridized carbons (Fsp3) is 0.714. The van der Waals surface area contributed by atoms with Gasteiger partial charge in [-0.2, -0.15) is 5.10 Å². The molecule has 1 saturated heterocycles. The average Bonchev–Trinajstić information content (AvgIpc) is 3.05. The summed E-state index contributed by atoms with van der Waals surface area (Å²) in [5, 5.41) is 7.31. The van der Waals surface area contributed by atoms with E-state index in [1.54, 1.807) is 0 Å². The normalized spacial score (nSPS) is 19.5. The number of guanidine groups is 1. The number of nitrogens with zero attached hydrogens (tertiary/aromatic N) is 4. The summed E-state index contributed by atoms with van der Waals surface area (Å²) >= 11 is 0. The maximum absolute atomic E-state index is 5.91. The second kappa shape index (κ2) is 9.24. The van der Waals surface area contributed by atoms with Crippen molar-refractivity contribution in [1.29, 1.82) is 0 Å².